The van der Waals surface area contributed by atoms with Gasteiger partial charge < -0.3 is 20.3 Å². The third-order valence-electron chi connectivity index (χ3n) is 5.67. The third kappa shape index (κ3) is 2.86. The van der Waals surface area contributed by atoms with Crippen molar-refractivity contribution in [2.75, 3.05) is 6.61 Å². The summed E-state index contributed by atoms with van der Waals surface area (Å²) in [6.07, 6.45) is -0.864. The fraction of sp³-hybridized carbons (Fsp3) is 0.333. The van der Waals surface area contributed by atoms with E-state index in [-0.39, 0.29) is 18.9 Å². The van der Waals surface area contributed by atoms with Crippen LogP contribution >= 0.6 is 0 Å². The summed E-state index contributed by atoms with van der Waals surface area (Å²) in [6.45, 7) is 0.103. The van der Waals surface area contributed by atoms with E-state index in [1.54, 1.807) is 0 Å². The Morgan fingerprint density at radius 2 is 1.67 bits per heavy atom. The minimum absolute atomic E-state index is 0.0996. The number of rotatable bonds is 4. The third-order valence-corrected chi connectivity index (χ3v) is 5.67. The summed E-state index contributed by atoms with van der Waals surface area (Å²) in [7, 11) is 0. The Labute approximate surface area is 156 Å². The Hall–Kier alpha value is -2.86. The molecule has 4 rings (SSSR count). The van der Waals surface area contributed by atoms with Crippen LogP contribution in [0.5, 0.6) is 0 Å². The van der Waals surface area contributed by atoms with Crippen LogP contribution in [0.25, 0.3) is 11.1 Å². The van der Waals surface area contributed by atoms with Crippen LogP contribution in [0.4, 0.5) is 4.79 Å². The average molecular weight is 367 g/mol. The van der Waals surface area contributed by atoms with Gasteiger partial charge in [0.1, 0.15) is 6.61 Å². The monoisotopic (exact) mass is 367 g/mol. The maximum Gasteiger partial charge on any atom is 0.408 e. The zero-order chi connectivity index (χ0) is 19.0. The molecule has 2 atom stereocenters. The van der Waals surface area contributed by atoms with Crippen molar-refractivity contribution < 1.29 is 24.5 Å². The average Bonchev–Trinajstić information content (AvgIpc) is 3.19. The number of carbonyl (C=O) groups excluding carboxylic acids is 1. The number of ether oxygens (including phenoxy) is 1. The van der Waals surface area contributed by atoms with Crippen LogP contribution in [0.1, 0.15) is 36.3 Å². The van der Waals surface area contributed by atoms with Crippen molar-refractivity contribution >= 4 is 12.1 Å². The maximum atomic E-state index is 12.3. The van der Waals surface area contributed by atoms with E-state index < -0.39 is 23.7 Å². The molecule has 0 radical (unpaired) electrons. The van der Waals surface area contributed by atoms with Gasteiger partial charge in [0.15, 0.2) is 5.54 Å². The summed E-state index contributed by atoms with van der Waals surface area (Å²) in [5, 5.41) is 21.9. The standard InChI is InChI=1S/C21H21NO5/c23-18-10-5-11-21(18,19(24)25)22-20(26)27-12-17-15-8-3-1-6-13(15)14-7-2-4-9-16(14)17/h1-4,6-9,17-18,23H,5,10-12H2,(H,22,26)(H,24,25). The molecule has 1 saturated carbocycles. The van der Waals surface area contributed by atoms with Crippen molar-refractivity contribution in [1.29, 1.82) is 0 Å². The molecule has 2 unspecified atom stereocenters. The molecule has 0 spiro atoms. The molecule has 0 aliphatic heterocycles. The highest BCUT2D eigenvalue weighted by Gasteiger charge is 2.50. The second kappa shape index (κ2) is 6.70. The van der Waals surface area contributed by atoms with E-state index in [4.69, 9.17) is 4.74 Å². The lowest BCUT2D eigenvalue weighted by molar-refractivity contribution is -0.148. The molecule has 6 heteroatoms. The number of fused-ring (bicyclic) bond motifs is 3. The first-order valence-corrected chi connectivity index (χ1v) is 9.07. The summed E-state index contributed by atoms with van der Waals surface area (Å²) < 4.78 is 5.40. The van der Waals surface area contributed by atoms with Crippen LogP contribution in [0.2, 0.25) is 0 Å². The summed E-state index contributed by atoms with van der Waals surface area (Å²) in [5.41, 5.74) is 2.74. The number of hydrogen-bond donors (Lipinski definition) is 3. The van der Waals surface area contributed by atoms with Gasteiger partial charge in [-0.25, -0.2) is 9.59 Å². The van der Waals surface area contributed by atoms with E-state index in [9.17, 15) is 19.8 Å². The fourth-order valence-corrected chi connectivity index (χ4v) is 4.25. The van der Waals surface area contributed by atoms with E-state index in [0.717, 1.165) is 22.3 Å². The number of aliphatic hydroxyl groups excluding tert-OH is 1. The first-order valence-electron chi connectivity index (χ1n) is 9.07. The molecule has 2 aromatic carbocycles. The van der Waals surface area contributed by atoms with E-state index in [2.05, 4.69) is 5.32 Å². The van der Waals surface area contributed by atoms with Crippen molar-refractivity contribution in [3.8, 4) is 11.1 Å². The van der Waals surface area contributed by atoms with Crippen LogP contribution in [0.15, 0.2) is 48.5 Å². The topological polar surface area (TPSA) is 95.9 Å². The number of nitrogens with one attached hydrogen (secondary N) is 1. The number of amides is 1. The van der Waals surface area contributed by atoms with Crippen molar-refractivity contribution in [2.45, 2.75) is 36.8 Å². The molecule has 27 heavy (non-hydrogen) atoms. The van der Waals surface area contributed by atoms with Crippen LogP contribution < -0.4 is 5.32 Å². The summed E-state index contributed by atoms with van der Waals surface area (Å²) in [6, 6.07) is 16.0. The van der Waals surface area contributed by atoms with E-state index in [0.29, 0.717) is 12.8 Å². The highest BCUT2D eigenvalue weighted by atomic mass is 16.5. The van der Waals surface area contributed by atoms with E-state index in [1.807, 2.05) is 48.5 Å². The van der Waals surface area contributed by atoms with Gasteiger partial charge in [0.2, 0.25) is 0 Å². The van der Waals surface area contributed by atoms with Gasteiger partial charge in [0.05, 0.1) is 6.10 Å². The van der Waals surface area contributed by atoms with Crippen LogP contribution in [0.3, 0.4) is 0 Å². The molecular weight excluding hydrogens is 346 g/mol. The molecule has 1 amide bonds. The van der Waals surface area contributed by atoms with Gasteiger partial charge in [-0.1, -0.05) is 48.5 Å². The van der Waals surface area contributed by atoms with Crippen molar-refractivity contribution in [3.05, 3.63) is 59.7 Å². The van der Waals surface area contributed by atoms with Crippen molar-refractivity contribution in [3.63, 3.8) is 0 Å². The predicted molar refractivity (Wildman–Crippen MR) is 98.4 cm³/mol. The Balaban J connectivity index is 1.51. The first-order chi connectivity index (χ1) is 13.0. The highest BCUT2D eigenvalue weighted by molar-refractivity contribution is 5.85. The molecule has 140 valence electrons. The lowest BCUT2D eigenvalue weighted by Crippen LogP contribution is -2.59. The van der Waals surface area contributed by atoms with Gasteiger partial charge in [-0.3, -0.25) is 0 Å². The molecule has 0 heterocycles. The molecular formula is C21H21NO5. The zero-order valence-corrected chi connectivity index (χ0v) is 14.7. The number of carbonyl (C=O) groups is 2. The summed E-state index contributed by atoms with van der Waals surface area (Å²) >= 11 is 0. The van der Waals surface area contributed by atoms with Crippen LogP contribution in [-0.4, -0.2) is 40.5 Å². The van der Waals surface area contributed by atoms with Gasteiger partial charge >= 0.3 is 12.1 Å². The van der Waals surface area contributed by atoms with E-state index in [1.165, 1.54) is 0 Å². The van der Waals surface area contributed by atoms with Crippen LogP contribution in [-0.2, 0) is 9.53 Å². The Morgan fingerprint density at radius 1 is 1.07 bits per heavy atom. The van der Waals surface area contributed by atoms with Gasteiger partial charge in [0.25, 0.3) is 0 Å². The maximum absolute atomic E-state index is 12.3. The van der Waals surface area contributed by atoms with E-state index >= 15 is 0 Å². The van der Waals surface area contributed by atoms with Gasteiger partial charge in [-0.2, -0.15) is 0 Å². The van der Waals surface area contributed by atoms with Gasteiger partial charge in [-0.05, 0) is 41.5 Å². The molecule has 2 aromatic rings. The van der Waals surface area contributed by atoms with Gasteiger partial charge in [-0.15, -0.1) is 0 Å². The molecule has 2 aliphatic rings. The molecule has 6 nitrogen and oxygen atoms in total. The Kier molecular flexibility index (Phi) is 4.36. The zero-order valence-electron chi connectivity index (χ0n) is 14.7. The fourth-order valence-electron chi connectivity index (χ4n) is 4.25. The lowest BCUT2D eigenvalue weighted by Gasteiger charge is -2.28. The predicted octanol–water partition coefficient (Wildman–Crippen LogP) is 2.89. The number of aliphatic carboxylic acids is 1. The number of benzene rings is 2. The number of aliphatic hydroxyl groups is 1. The first kappa shape index (κ1) is 17.5. The van der Waals surface area contributed by atoms with Crippen molar-refractivity contribution in [2.24, 2.45) is 0 Å². The SMILES string of the molecule is O=C(NC1(C(=O)O)CCCC1O)OCC1c2ccccc2-c2ccccc21. The number of hydrogen-bond acceptors (Lipinski definition) is 4. The molecule has 0 aromatic heterocycles. The molecule has 0 bridgehead atoms. The minimum Gasteiger partial charge on any atom is -0.479 e. The smallest absolute Gasteiger partial charge is 0.408 e. The minimum atomic E-state index is -1.66. The Morgan fingerprint density at radius 3 is 2.19 bits per heavy atom. The highest BCUT2D eigenvalue weighted by Crippen LogP contribution is 2.44. The Bertz CT molecular complexity index is 850. The second-order valence-corrected chi connectivity index (χ2v) is 7.14. The summed E-state index contributed by atoms with van der Waals surface area (Å²) in [5.74, 6) is -1.33. The number of carboxylic acids is 1. The quantitative estimate of drug-likeness (QED) is 0.772. The normalized spacial score (nSPS) is 23.5. The van der Waals surface area contributed by atoms with Crippen molar-refractivity contribution in [1.82, 2.24) is 5.32 Å². The van der Waals surface area contributed by atoms with Crippen LogP contribution in [0, 0.1) is 0 Å². The summed E-state index contributed by atoms with van der Waals surface area (Å²) in [4.78, 5) is 24.0. The van der Waals surface area contributed by atoms with Gasteiger partial charge in [0, 0.05) is 5.92 Å². The number of carboxylic acid groups (broad SMARTS) is 1. The molecule has 1 fully saturated rings. The molecule has 0 saturated heterocycles. The molecule has 3 N–H and O–H groups in total. The largest absolute Gasteiger partial charge is 0.479 e. The number of alkyl carbamates (subject to hydrolysis) is 1. The lowest BCUT2D eigenvalue weighted by atomic mass is 9.95. The molecule has 2 aliphatic carbocycles. The second-order valence-electron chi connectivity index (χ2n) is 7.14.